The molecule has 0 radical (unpaired) electrons. The molecule has 2 aromatic heterocycles. The number of amides is 2. The molecule has 0 saturated heterocycles. The van der Waals surface area contributed by atoms with Gasteiger partial charge in [-0.05, 0) is 29.7 Å². The Hall–Kier alpha value is -3.04. The Kier molecular flexibility index (Phi) is 3.90. The van der Waals surface area contributed by atoms with Crippen LogP contribution in [0.3, 0.4) is 0 Å². The van der Waals surface area contributed by atoms with Crippen LogP contribution in [0.5, 0.6) is 0 Å². The SMILES string of the molecule is O=C(NC(=O)c1cc2ccccc2s1)OC#Cc1ccco1. The Morgan fingerprint density at radius 1 is 1.18 bits per heavy atom. The lowest BCUT2D eigenvalue weighted by Crippen LogP contribution is -2.29. The highest BCUT2D eigenvalue weighted by molar-refractivity contribution is 7.20. The summed E-state index contributed by atoms with van der Waals surface area (Å²) in [6.45, 7) is 0. The first kappa shape index (κ1) is 13.9. The lowest BCUT2D eigenvalue weighted by atomic mass is 10.2. The standard InChI is InChI=1S/C16H9NO4S/c18-15(14-10-11-4-1-2-6-13(11)22-14)17-16(19)21-9-7-12-5-3-8-20-12/h1-6,8,10H,(H,17,18,19). The van der Waals surface area contributed by atoms with Gasteiger partial charge < -0.3 is 9.15 Å². The van der Waals surface area contributed by atoms with Gasteiger partial charge in [-0.3, -0.25) is 10.1 Å². The average Bonchev–Trinajstić information content (AvgIpc) is 3.16. The summed E-state index contributed by atoms with van der Waals surface area (Å²) in [5.74, 6) is 2.32. The van der Waals surface area contributed by atoms with Crippen LogP contribution in [0.2, 0.25) is 0 Å². The summed E-state index contributed by atoms with van der Waals surface area (Å²) >= 11 is 1.30. The number of benzene rings is 1. The average molecular weight is 311 g/mol. The quantitative estimate of drug-likeness (QED) is 0.700. The Balaban J connectivity index is 1.62. The van der Waals surface area contributed by atoms with E-state index in [9.17, 15) is 9.59 Å². The van der Waals surface area contributed by atoms with Gasteiger partial charge in [-0.2, -0.15) is 0 Å². The molecule has 6 heteroatoms. The van der Waals surface area contributed by atoms with Crippen molar-refractivity contribution in [3.05, 3.63) is 59.4 Å². The predicted octanol–water partition coefficient (Wildman–Crippen LogP) is 3.37. The summed E-state index contributed by atoms with van der Waals surface area (Å²) in [6.07, 6.45) is 2.69. The first-order chi connectivity index (χ1) is 10.7. The van der Waals surface area contributed by atoms with Crippen molar-refractivity contribution in [2.75, 3.05) is 0 Å². The third-order valence-corrected chi connectivity index (χ3v) is 3.82. The van der Waals surface area contributed by atoms with Crippen LogP contribution in [0.1, 0.15) is 15.4 Å². The van der Waals surface area contributed by atoms with Crippen molar-refractivity contribution in [1.29, 1.82) is 0 Å². The van der Waals surface area contributed by atoms with Gasteiger partial charge >= 0.3 is 6.09 Å². The number of hydrogen-bond acceptors (Lipinski definition) is 5. The van der Waals surface area contributed by atoms with Gasteiger partial charge in [0.2, 0.25) is 0 Å². The van der Waals surface area contributed by atoms with Crippen molar-refractivity contribution in [3.63, 3.8) is 0 Å². The summed E-state index contributed by atoms with van der Waals surface area (Å²) < 4.78 is 10.5. The number of nitrogens with one attached hydrogen (secondary N) is 1. The highest BCUT2D eigenvalue weighted by Gasteiger charge is 2.13. The van der Waals surface area contributed by atoms with Gasteiger partial charge in [0.05, 0.1) is 11.1 Å². The molecule has 5 nitrogen and oxygen atoms in total. The fourth-order valence-electron chi connectivity index (χ4n) is 1.75. The van der Waals surface area contributed by atoms with E-state index in [1.54, 1.807) is 18.2 Å². The molecule has 0 spiro atoms. The molecule has 0 bridgehead atoms. The molecule has 1 N–H and O–H groups in total. The van der Waals surface area contributed by atoms with Gasteiger partial charge in [0.15, 0.2) is 5.76 Å². The molecule has 3 rings (SSSR count). The predicted molar refractivity (Wildman–Crippen MR) is 81.4 cm³/mol. The van der Waals surface area contributed by atoms with Crippen LogP contribution >= 0.6 is 11.3 Å². The number of rotatable bonds is 1. The van der Waals surface area contributed by atoms with E-state index in [0.717, 1.165) is 10.1 Å². The van der Waals surface area contributed by atoms with Crippen LogP contribution < -0.4 is 5.32 Å². The van der Waals surface area contributed by atoms with Gasteiger partial charge in [-0.15, -0.1) is 11.3 Å². The zero-order valence-corrected chi connectivity index (χ0v) is 12.0. The smallest absolute Gasteiger partial charge is 0.428 e. The molecule has 0 saturated carbocycles. The molecule has 3 aromatic rings. The lowest BCUT2D eigenvalue weighted by molar-refractivity contribution is 0.0951. The summed E-state index contributed by atoms with van der Waals surface area (Å²) in [4.78, 5) is 23.9. The van der Waals surface area contributed by atoms with Gasteiger partial charge in [0, 0.05) is 10.6 Å². The molecular weight excluding hydrogens is 302 g/mol. The molecule has 0 unspecified atom stereocenters. The van der Waals surface area contributed by atoms with Crippen molar-refractivity contribution < 1.29 is 18.7 Å². The summed E-state index contributed by atoms with van der Waals surface area (Å²) in [7, 11) is 0. The summed E-state index contributed by atoms with van der Waals surface area (Å²) in [5, 5.41) is 3.06. The summed E-state index contributed by atoms with van der Waals surface area (Å²) in [6, 6.07) is 12.6. The van der Waals surface area contributed by atoms with Crippen molar-refractivity contribution in [2.45, 2.75) is 0 Å². The molecule has 0 aliphatic carbocycles. The third-order valence-electron chi connectivity index (χ3n) is 2.70. The second-order valence-electron chi connectivity index (χ2n) is 4.20. The fraction of sp³-hybridized carbons (Fsp3) is 0. The van der Waals surface area contributed by atoms with E-state index >= 15 is 0 Å². The van der Waals surface area contributed by atoms with Crippen molar-refractivity contribution in [1.82, 2.24) is 5.32 Å². The van der Waals surface area contributed by atoms with Gasteiger partial charge in [0.1, 0.15) is 6.11 Å². The molecule has 0 aliphatic heterocycles. The second kappa shape index (κ2) is 6.16. The van der Waals surface area contributed by atoms with E-state index < -0.39 is 12.0 Å². The highest BCUT2D eigenvalue weighted by Crippen LogP contribution is 2.24. The topological polar surface area (TPSA) is 68.5 Å². The number of carbonyl (C=O) groups is 2. The van der Waals surface area contributed by atoms with E-state index in [-0.39, 0.29) is 0 Å². The van der Waals surface area contributed by atoms with Crippen LogP contribution in [0.15, 0.2) is 53.1 Å². The minimum Gasteiger partial charge on any atom is -0.456 e. The van der Waals surface area contributed by atoms with Crippen LogP contribution in [-0.2, 0) is 4.74 Å². The van der Waals surface area contributed by atoms with E-state index in [1.807, 2.05) is 24.3 Å². The molecule has 2 amide bonds. The number of alkyl carbamates (subject to hydrolysis) is 1. The van der Waals surface area contributed by atoms with E-state index in [1.165, 1.54) is 17.6 Å². The van der Waals surface area contributed by atoms with Crippen LogP contribution in [0.25, 0.3) is 10.1 Å². The van der Waals surface area contributed by atoms with Crippen molar-refractivity contribution in [2.24, 2.45) is 0 Å². The third kappa shape index (κ3) is 3.16. The molecule has 1 aromatic carbocycles. The van der Waals surface area contributed by atoms with E-state index in [4.69, 9.17) is 4.42 Å². The zero-order chi connectivity index (χ0) is 15.4. The Labute approximate surface area is 129 Å². The molecular formula is C16H9NO4S. The molecule has 0 fully saturated rings. The van der Waals surface area contributed by atoms with Gasteiger partial charge in [-0.25, -0.2) is 4.79 Å². The maximum atomic E-state index is 11.9. The maximum Gasteiger partial charge on any atom is 0.428 e. The first-order valence-electron chi connectivity index (χ1n) is 6.27. The Morgan fingerprint density at radius 3 is 2.82 bits per heavy atom. The number of hydrogen-bond donors (Lipinski definition) is 1. The van der Waals surface area contributed by atoms with E-state index in [0.29, 0.717) is 10.6 Å². The molecule has 22 heavy (non-hydrogen) atoms. The second-order valence-corrected chi connectivity index (χ2v) is 5.28. The molecule has 108 valence electrons. The maximum absolute atomic E-state index is 11.9. The van der Waals surface area contributed by atoms with Crippen molar-refractivity contribution in [3.8, 4) is 12.0 Å². The number of imide groups is 1. The van der Waals surface area contributed by atoms with Crippen LogP contribution in [-0.4, -0.2) is 12.0 Å². The van der Waals surface area contributed by atoms with Gasteiger partial charge in [0.25, 0.3) is 5.91 Å². The molecule has 0 aliphatic rings. The lowest BCUT2D eigenvalue weighted by Gasteiger charge is -1.97. The summed E-state index contributed by atoms with van der Waals surface area (Å²) in [5.41, 5.74) is 0. The Bertz CT molecular complexity index is 851. The van der Waals surface area contributed by atoms with Crippen LogP contribution in [0, 0.1) is 12.0 Å². The number of carbonyl (C=O) groups excluding carboxylic acids is 2. The normalized spacial score (nSPS) is 9.82. The van der Waals surface area contributed by atoms with Crippen molar-refractivity contribution >= 4 is 33.4 Å². The Morgan fingerprint density at radius 2 is 2.05 bits per heavy atom. The van der Waals surface area contributed by atoms with Crippen LogP contribution in [0.4, 0.5) is 4.79 Å². The largest absolute Gasteiger partial charge is 0.456 e. The molecule has 2 heterocycles. The first-order valence-corrected chi connectivity index (χ1v) is 7.09. The zero-order valence-electron chi connectivity index (χ0n) is 11.2. The van der Waals surface area contributed by atoms with Gasteiger partial charge in [-0.1, -0.05) is 18.2 Å². The van der Waals surface area contributed by atoms with E-state index in [2.05, 4.69) is 22.1 Å². The molecule has 0 atom stereocenters. The monoisotopic (exact) mass is 311 g/mol. The minimum atomic E-state index is -0.929. The minimum absolute atomic E-state index is 0.364. The number of thiophene rings is 1. The fourth-order valence-corrected chi connectivity index (χ4v) is 2.70. The number of ether oxygens (including phenoxy) is 1. The number of furan rings is 1. The number of fused-ring (bicyclic) bond motifs is 1. The highest BCUT2D eigenvalue weighted by atomic mass is 32.1.